The number of hydrogen-bond donors (Lipinski definition) is 1. The van der Waals surface area contributed by atoms with Crippen LogP contribution < -0.4 is 10.9 Å². The average Bonchev–Trinajstić information content (AvgIpc) is 2.62. The fourth-order valence-electron chi connectivity index (χ4n) is 2.24. The van der Waals surface area contributed by atoms with Crippen molar-refractivity contribution in [2.75, 3.05) is 31.7 Å². The molecule has 0 amide bonds. The highest BCUT2D eigenvalue weighted by Crippen LogP contribution is 2.13. The van der Waals surface area contributed by atoms with Gasteiger partial charge in [0.25, 0.3) is 5.56 Å². The zero-order chi connectivity index (χ0) is 18.1. The zero-order valence-electron chi connectivity index (χ0n) is 14.5. The highest BCUT2D eigenvalue weighted by atomic mass is 16.5. The molecular formula is C18H23N3O4. The van der Waals surface area contributed by atoms with E-state index in [0.29, 0.717) is 31.1 Å². The molecule has 0 bridgehead atoms. The fourth-order valence-corrected chi connectivity index (χ4v) is 2.24. The number of ether oxygens (including phenoxy) is 2. The topological polar surface area (TPSA) is 82.5 Å². The van der Waals surface area contributed by atoms with E-state index in [0.717, 1.165) is 6.42 Å². The maximum absolute atomic E-state index is 12.4. The standard InChI is InChI=1S/C18H23N3O4/c1-3-24-12-8-11-19-15-13-16(22)21(14-9-6-5-7-10-14)20-17(15)18(23)25-4-2/h5-7,9-10,13,19H,3-4,8,11-12H2,1-2H3. The quantitative estimate of drug-likeness (QED) is 0.554. The van der Waals surface area contributed by atoms with Crippen molar-refractivity contribution in [1.29, 1.82) is 0 Å². The Morgan fingerprint density at radius 1 is 1.20 bits per heavy atom. The molecule has 7 heteroatoms. The fraction of sp³-hybridized carbons (Fsp3) is 0.389. The van der Waals surface area contributed by atoms with Crippen molar-refractivity contribution in [2.24, 2.45) is 0 Å². The van der Waals surface area contributed by atoms with Crippen molar-refractivity contribution in [1.82, 2.24) is 9.78 Å². The van der Waals surface area contributed by atoms with Gasteiger partial charge in [0, 0.05) is 25.8 Å². The van der Waals surface area contributed by atoms with Gasteiger partial charge < -0.3 is 14.8 Å². The molecule has 0 aliphatic rings. The number of rotatable bonds is 9. The summed E-state index contributed by atoms with van der Waals surface area (Å²) in [7, 11) is 0. The van der Waals surface area contributed by atoms with Gasteiger partial charge in [0.15, 0.2) is 5.69 Å². The van der Waals surface area contributed by atoms with Crippen molar-refractivity contribution in [3.63, 3.8) is 0 Å². The van der Waals surface area contributed by atoms with Crippen molar-refractivity contribution in [2.45, 2.75) is 20.3 Å². The molecule has 0 saturated heterocycles. The molecule has 2 rings (SSSR count). The number of carbonyl (C=O) groups excluding carboxylic acids is 1. The predicted molar refractivity (Wildman–Crippen MR) is 95.4 cm³/mol. The van der Waals surface area contributed by atoms with Gasteiger partial charge in [-0.3, -0.25) is 4.79 Å². The van der Waals surface area contributed by atoms with Gasteiger partial charge in [-0.1, -0.05) is 18.2 Å². The summed E-state index contributed by atoms with van der Waals surface area (Å²) < 4.78 is 11.5. The van der Waals surface area contributed by atoms with Crippen LogP contribution in [0.15, 0.2) is 41.2 Å². The largest absolute Gasteiger partial charge is 0.461 e. The van der Waals surface area contributed by atoms with Crippen LogP contribution >= 0.6 is 0 Å². The van der Waals surface area contributed by atoms with Crippen LogP contribution in [0.3, 0.4) is 0 Å². The Kier molecular flexibility index (Phi) is 7.16. The van der Waals surface area contributed by atoms with Crippen LogP contribution in [0.4, 0.5) is 5.69 Å². The minimum Gasteiger partial charge on any atom is -0.461 e. The van der Waals surface area contributed by atoms with Gasteiger partial charge >= 0.3 is 5.97 Å². The van der Waals surface area contributed by atoms with E-state index in [9.17, 15) is 9.59 Å². The summed E-state index contributed by atoms with van der Waals surface area (Å²) in [6, 6.07) is 10.3. The van der Waals surface area contributed by atoms with Crippen LogP contribution in [0.25, 0.3) is 5.69 Å². The second-order valence-electron chi connectivity index (χ2n) is 5.19. The Hall–Kier alpha value is -2.67. The van der Waals surface area contributed by atoms with Gasteiger partial charge in [0.1, 0.15) is 0 Å². The highest BCUT2D eigenvalue weighted by molar-refractivity contribution is 5.93. The Bertz CT molecular complexity index is 744. The Morgan fingerprint density at radius 3 is 2.64 bits per heavy atom. The van der Waals surface area contributed by atoms with Crippen molar-refractivity contribution in [3.8, 4) is 5.69 Å². The molecule has 1 aromatic carbocycles. The minimum atomic E-state index is -0.570. The third-order valence-corrected chi connectivity index (χ3v) is 3.39. The Labute approximate surface area is 146 Å². The number of aromatic nitrogens is 2. The van der Waals surface area contributed by atoms with Crippen LogP contribution in [-0.4, -0.2) is 42.1 Å². The van der Waals surface area contributed by atoms with Gasteiger partial charge in [-0.2, -0.15) is 9.78 Å². The minimum absolute atomic E-state index is 0.0849. The van der Waals surface area contributed by atoms with Gasteiger partial charge in [-0.15, -0.1) is 0 Å². The predicted octanol–water partition coefficient (Wildman–Crippen LogP) is 2.25. The molecule has 0 aliphatic heterocycles. The van der Waals surface area contributed by atoms with Gasteiger partial charge in [-0.25, -0.2) is 4.79 Å². The number of benzene rings is 1. The van der Waals surface area contributed by atoms with E-state index in [4.69, 9.17) is 9.47 Å². The maximum atomic E-state index is 12.4. The third-order valence-electron chi connectivity index (χ3n) is 3.39. The number of esters is 1. The molecule has 25 heavy (non-hydrogen) atoms. The van der Waals surface area contributed by atoms with Crippen LogP contribution in [0.2, 0.25) is 0 Å². The number of anilines is 1. The molecule has 1 heterocycles. The van der Waals surface area contributed by atoms with Crippen LogP contribution in [0.1, 0.15) is 30.8 Å². The van der Waals surface area contributed by atoms with E-state index in [1.54, 1.807) is 31.2 Å². The molecule has 2 aromatic rings. The zero-order valence-corrected chi connectivity index (χ0v) is 14.5. The summed E-state index contributed by atoms with van der Waals surface area (Å²) in [4.78, 5) is 24.6. The normalized spacial score (nSPS) is 10.5. The van der Waals surface area contributed by atoms with Crippen LogP contribution in [0.5, 0.6) is 0 Å². The first-order chi connectivity index (χ1) is 12.2. The molecule has 1 N–H and O–H groups in total. The number of nitrogens with one attached hydrogen (secondary N) is 1. The lowest BCUT2D eigenvalue weighted by Crippen LogP contribution is -2.26. The monoisotopic (exact) mass is 345 g/mol. The van der Waals surface area contributed by atoms with E-state index in [1.165, 1.54) is 10.7 Å². The molecule has 0 spiro atoms. The second kappa shape index (κ2) is 9.58. The lowest BCUT2D eigenvalue weighted by atomic mass is 10.3. The molecule has 0 fully saturated rings. The van der Waals surface area contributed by atoms with Crippen LogP contribution in [0, 0.1) is 0 Å². The number of hydrogen-bond acceptors (Lipinski definition) is 6. The SMILES string of the molecule is CCOCCCNc1cc(=O)n(-c2ccccc2)nc1C(=O)OCC. The first kappa shape index (κ1) is 18.7. The van der Waals surface area contributed by atoms with Gasteiger partial charge in [0.05, 0.1) is 18.0 Å². The average molecular weight is 345 g/mol. The van der Waals surface area contributed by atoms with E-state index in [1.807, 2.05) is 13.0 Å². The van der Waals surface area contributed by atoms with Gasteiger partial charge in [-0.05, 0) is 32.4 Å². The number of nitrogens with zero attached hydrogens (tertiary/aromatic N) is 2. The summed E-state index contributed by atoms with van der Waals surface area (Å²) in [6.45, 7) is 5.70. The summed E-state index contributed by atoms with van der Waals surface area (Å²) in [5, 5.41) is 7.29. The van der Waals surface area contributed by atoms with E-state index in [2.05, 4.69) is 10.4 Å². The number of para-hydroxylation sites is 1. The third kappa shape index (κ3) is 5.15. The van der Waals surface area contributed by atoms with Crippen molar-refractivity contribution in [3.05, 3.63) is 52.4 Å². The molecule has 0 aliphatic carbocycles. The molecule has 134 valence electrons. The lowest BCUT2D eigenvalue weighted by molar-refractivity contribution is 0.0518. The molecule has 0 saturated carbocycles. The van der Waals surface area contributed by atoms with E-state index >= 15 is 0 Å². The molecular weight excluding hydrogens is 322 g/mol. The summed E-state index contributed by atoms with van der Waals surface area (Å²) >= 11 is 0. The molecule has 0 radical (unpaired) electrons. The smallest absolute Gasteiger partial charge is 0.360 e. The molecule has 0 unspecified atom stereocenters. The first-order valence-electron chi connectivity index (χ1n) is 8.36. The van der Waals surface area contributed by atoms with Crippen molar-refractivity contribution < 1.29 is 14.3 Å². The van der Waals surface area contributed by atoms with E-state index in [-0.39, 0.29) is 17.9 Å². The first-order valence-corrected chi connectivity index (χ1v) is 8.36. The lowest BCUT2D eigenvalue weighted by Gasteiger charge is -2.13. The molecule has 7 nitrogen and oxygen atoms in total. The van der Waals surface area contributed by atoms with E-state index < -0.39 is 5.97 Å². The second-order valence-corrected chi connectivity index (χ2v) is 5.19. The maximum Gasteiger partial charge on any atom is 0.360 e. The van der Waals surface area contributed by atoms with Crippen LogP contribution in [-0.2, 0) is 9.47 Å². The summed E-state index contributed by atoms with van der Waals surface area (Å²) in [6.07, 6.45) is 0.748. The highest BCUT2D eigenvalue weighted by Gasteiger charge is 2.18. The van der Waals surface area contributed by atoms with Gasteiger partial charge in [0.2, 0.25) is 0 Å². The molecule has 0 atom stereocenters. The number of carbonyl (C=O) groups is 1. The van der Waals surface area contributed by atoms with Crippen molar-refractivity contribution >= 4 is 11.7 Å². The summed E-state index contributed by atoms with van der Waals surface area (Å²) in [5.41, 5.74) is 0.710. The summed E-state index contributed by atoms with van der Waals surface area (Å²) in [5.74, 6) is -0.570. The molecule has 1 aromatic heterocycles. The Balaban J connectivity index is 2.30. The Morgan fingerprint density at radius 2 is 1.96 bits per heavy atom.